The zero-order valence-corrected chi connectivity index (χ0v) is 19.9. The SMILES string of the molecule is COc1ccc(NC(=O)C(=O)N/N=C\c2ccc(OC(=O)c3sc4ccccc4c3Cl)cc2)cc1. The second-order valence-electron chi connectivity index (χ2n) is 7.08. The van der Waals surface area contributed by atoms with E-state index in [0.29, 0.717) is 32.6 Å². The number of fused-ring (bicyclic) bond motifs is 1. The Labute approximate surface area is 209 Å². The van der Waals surface area contributed by atoms with E-state index in [1.807, 2.05) is 24.3 Å². The highest BCUT2D eigenvalue weighted by molar-refractivity contribution is 7.21. The third kappa shape index (κ3) is 5.84. The minimum absolute atomic E-state index is 0.323. The van der Waals surface area contributed by atoms with Gasteiger partial charge in [-0.05, 0) is 60.2 Å². The zero-order valence-electron chi connectivity index (χ0n) is 18.3. The fourth-order valence-electron chi connectivity index (χ4n) is 3.00. The molecular weight excluding hydrogens is 490 g/mol. The van der Waals surface area contributed by atoms with Crippen LogP contribution in [0.4, 0.5) is 5.69 Å². The summed E-state index contributed by atoms with van der Waals surface area (Å²) in [6, 6.07) is 20.4. The van der Waals surface area contributed by atoms with Crippen LogP contribution in [0.15, 0.2) is 77.9 Å². The zero-order chi connectivity index (χ0) is 24.8. The van der Waals surface area contributed by atoms with Gasteiger partial charge in [0.05, 0.1) is 18.3 Å². The fourth-order valence-corrected chi connectivity index (χ4v) is 4.38. The molecule has 176 valence electrons. The number of benzene rings is 3. The molecule has 2 N–H and O–H groups in total. The predicted molar refractivity (Wildman–Crippen MR) is 136 cm³/mol. The van der Waals surface area contributed by atoms with Gasteiger partial charge in [-0.3, -0.25) is 9.59 Å². The Balaban J connectivity index is 1.30. The highest BCUT2D eigenvalue weighted by Gasteiger charge is 2.19. The molecule has 1 aromatic heterocycles. The molecule has 1 heterocycles. The molecule has 10 heteroatoms. The third-order valence-corrected chi connectivity index (χ3v) is 6.40. The topological polar surface area (TPSA) is 106 Å². The van der Waals surface area contributed by atoms with Gasteiger partial charge in [0.2, 0.25) is 0 Å². The number of hydrogen-bond donors (Lipinski definition) is 2. The third-order valence-electron chi connectivity index (χ3n) is 4.74. The van der Waals surface area contributed by atoms with Crippen LogP contribution in [0.3, 0.4) is 0 Å². The van der Waals surface area contributed by atoms with Crippen molar-refractivity contribution in [2.75, 3.05) is 12.4 Å². The van der Waals surface area contributed by atoms with Gasteiger partial charge in [0, 0.05) is 15.8 Å². The molecule has 0 radical (unpaired) electrons. The molecule has 0 saturated carbocycles. The van der Waals surface area contributed by atoms with Crippen LogP contribution in [-0.2, 0) is 9.59 Å². The second-order valence-corrected chi connectivity index (χ2v) is 8.51. The van der Waals surface area contributed by atoms with Crippen LogP contribution in [-0.4, -0.2) is 31.1 Å². The lowest BCUT2D eigenvalue weighted by Crippen LogP contribution is -2.32. The van der Waals surface area contributed by atoms with E-state index in [2.05, 4.69) is 15.8 Å². The number of nitrogens with one attached hydrogen (secondary N) is 2. The molecule has 0 bridgehead atoms. The molecule has 0 aliphatic carbocycles. The summed E-state index contributed by atoms with van der Waals surface area (Å²) in [7, 11) is 1.53. The van der Waals surface area contributed by atoms with E-state index < -0.39 is 17.8 Å². The van der Waals surface area contributed by atoms with E-state index in [1.54, 1.807) is 48.5 Å². The Bertz CT molecular complexity index is 1420. The molecular formula is C25H18ClN3O5S. The van der Waals surface area contributed by atoms with Gasteiger partial charge in [-0.1, -0.05) is 29.8 Å². The quantitative estimate of drug-likeness (QED) is 0.127. The van der Waals surface area contributed by atoms with Crippen molar-refractivity contribution in [3.8, 4) is 11.5 Å². The minimum Gasteiger partial charge on any atom is -0.497 e. The molecule has 8 nitrogen and oxygen atoms in total. The highest BCUT2D eigenvalue weighted by Crippen LogP contribution is 2.35. The maximum atomic E-state index is 12.5. The van der Waals surface area contributed by atoms with Gasteiger partial charge in [-0.25, -0.2) is 10.2 Å². The summed E-state index contributed by atoms with van der Waals surface area (Å²) < 4.78 is 11.4. The first kappa shape index (κ1) is 23.9. The lowest BCUT2D eigenvalue weighted by molar-refractivity contribution is -0.136. The first-order valence-corrected chi connectivity index (χ1v) is 11.4. The largest absolute Gasteiger partial charge is 0.497 e. The van der Waals surface area contributed by atoms with Gasteiger partial charge < -0.3 is 14.8 Å². The van der Waals surface area contributed by atoms with E-state index >= 15 is 0 Å². The summed E-state index contributed by atoms with van der Waals surface area (Å²) in [5.74, 6) is -1.39. The van der Waals surface area contributed by atoms with E-state index in [1.165, 1.54) is 24.7 Å². The molecule has 0 atom stereocenters. The number of halogens is 1. The van der Waals surface area contributed by atoms with Crippen LogP contribution in [0, 0.1) is 0 Å². The van der Waals surface area contributed by atoms with E-state index in [9.17, 15) is 14.4 Å². The van der Waals surface area contributed by atoms with Crippen molar-refractivity contribution in [1.29, 1.82) is 0 Å². The van der Waals surface area contributed by atoms with E-state index in [-0.39, 0.29) is 0 Å². The molecule has 0 aliphatic rings. The summed E-state index contributed by atoms with van der Waals surface area (Å²) in [5.41, 5.74) is 3.21. The van der Waals surface area contributed by atoms with Crippen molar-refractivity contribution >= 4 is 62.7 Å². The number of rotatable bonds is 6. The highest BCUT2D eigenvalue weighted by atomic mass is 35.5. The lowest BCUT2D eigenvalue weighted by Gasteiger charge is -2.05. The van der Waals surface area contributed by atoms with Crippen LogP contribution < -0.4 is 20.2 Å². The summed E-state index contributed by atoms with van der Waals surface area (Å²) in [6.07, 6.45) is 1.35. The summed E-state index contributed by atoms with van der Waals surface area (Å²) >= 11 is 7.60. The maximum Gasteiger partial charge on any atom is 0.355 e. The maximum absolute atomic E-state index is 12.5. The fraction of sp³-hybridized carbons (Fsp3) is 0.0400. The van der Waals surface area contributed by atoms with Crippen LogP contribution in [0.2, 0.25) is 5.02 Å². The Morgan fingerprint density at radius 2 is 1.60 bits per heavy atom. The number of ether oxygens (including phenoxy) is 2. The van der Waals surface area contributed by atoms with Gasteiger partial charge in [0.25, 0.3) is 0 Å². The van der Waals surface area contributed by atoms with Crippen LogP contribution >= 0.6 is 22.9 Å². The summed E-state index contributed by atoms with van der Waals surface area (Å²) in [4.78, 5) is 36.8. The number of anilines is 1. The van der Waals surface area contributed by atoms with Crippen molar-refractivity contribution in [2.45, 2.75) is 0 Å². The number of thiophene rings is 1. The molecule has 35 heavy (non-hydrogen) atoms. The molecule has 4 aromatic rings. The number of carbonyl (C=O) groups excluding carboxylic acids is 3. The summed E-state index contributed by atoms with van der Waals surface area (Å²) in [5, 5.41) is 7.40. The first-order valence-electron chi connectivity index (χ1n) is 10.2. The van der Waals surface area contributed by atoms with E-state index in [4.69, 9.17) is 21.1 Å². The average Bonchev–Trinajstić information content (AvgIpc) is 3.22. The van der Waals surface area contributed by atoms with Gasteiger partial charge in [0.1, 0.15) is 16.4 Å². The molecule has 0 saturated heterocycles. The van der Waals surface area contributed by atoms with Crippen molar-refractivity contribution in [1.82, 2.24) is 5.43 Å². The van der Waals surface area contributed by atoms with Crippen LogP contribution in [0.25, 0.3) is 10.1 Å². The van der Waals surface area contributed by atoms with Crippen molar-refractivity contribution in [3.05, 3.63) is 88.3 Å². The number of amides is 2. The molecule has 4 rings (SSSR count). The number of methoxy groups -OCH3 is 1. The standard InChI is InChI=1S/C25H18ClN3O5S/c1-33-17-12-8-16(9-13-17)28-23(30)24(31)29-27-14-15-6-10-18(11-7-15)34-25(32)22-21(26)19-4-2-3-5-20(19)35-22/h2-14H,1H3,(H,28,30)(H,29,31)/b27-14-. The van der Waals surface area contributed by atoms with Gasteiger partial charge in [-0.15, -0.1) is 11.3 Å². The van der Waals surface area contributed by atoms with Crippen LogP contribution in [0.1, 0.15) is 15.2 Å². The smallest absolute Gasteiger partial charge is 0.355 e. The van der Waals surface area contributed by atoms with Gasteiger partial charge in [-0.2, -0.15) is 5.10 Å². The number of nitrogens with zero attached hydrogens (tertiary/aromatic N) is 1. The Kier molecular flexibility index (Phi) is 7.39. The van der Waals surface area contributed by atoms with Gasteiger partial charge >= 0.3 is 17.8 Å². The average molecular weight is 508 g/mol. The molecule has 0 fully saturated rings. The van der Waals surface area contributed by atoms with Crippen molar-refractivity contribution < 1.29 is 23.9 Å². The normalized spacial score (nSPS) is 10.8. The molecule has 0 aliphatic heterocycles. The number of hydrazone groups is 1. The Morgan fingerprint density at radius 3 is 2.29 bits per heavy atom. The second kappa shape index (κ2) is 10.8. The first-order chi connectivity index (χ1) is 16.9. The molecule has 2 amide bonds. The number of hydrogen-bond acceptors (Lipinski definition) is 7. The van der Waals surface area contributed by atoms with E-state index in [0.717, 1.165) is 10.1 Å². The Morgan fingerprint density at radius 1 is 0.914 bits per heavy atom. The Hall–Kier alpha value is -4.21. The van der Waals surface area contributed by atoms with Crippen molar-refractivity contribution in [2.24, 2.45) is 5.10 Å². The monoisotopic (exact) mass is 507 g/mol. The predicted octanol–water partition coefficient (Wildman–Crippen LogP) is 4.87. The number of carbonyl (C=O) groups is 3. The lowest BCUT2D eigenvalue weighted by atomic mass is 10.2. The minimum atomic E-state index is -0.928. The van der Waals surface area contributed by atoms with Gasteiger partial charge in [0.15, 0.2) is 0 Å². The van der Waals surface area contributed by atoms with Crippen LogP contribution in [0.5, 0.6) is 11.5 Å². The molecule has 0 unspecified atom stereocenters. The number of esters is 1. The van der Waals surface area contributed by atoms with Crippen molar-refractivity contribution in [3.63, 3.8) is 0 Å². The molecule has 0 spiro atoms. The molecule has 3 aromatic carbocycles. The summed E-state index contributed by atoms with van der Waals surface area (Å²) in [6.45, 7) is 0.